The fourth-order valence-electron chi connectivity index (χ4n) is 14.3. The summed E-state index contributed by atoms with van der Waals surface area (Å²) >= 11 is 0.824. The van der Waals surface area contributed by atoms with Gasteiger partial charge >= 0.3 is 6.18 Å². The molecule has 5 amide bonds. The summed E-state index contributed by atoms with van der Waals surface area (Å²) in [6.07, 6.45) is 1.02. The first-order chi connectivity index (χ1) is 69.5. The second kappa shape index (κ2) is 49.0. The third-order valence-corrected chi connectivity index (χ3v) is 23.6. The van der Waals surface area contributed by atoms with Gasteiger partial charge in [0.15, 0.2) is 34.8 Å². The summed E-state index contributed by atoms with van der Waals surface area (Å²) in [5.74, 6) is -3.88. The molecule has 1 aliphatic carbocycles. The Labute approximate surface area is 838 Å². The normalized spacial score (nSPS) is 12.2. The van der Waals surface area contributed by atoms with Gasteiger partial charge in [-0.2, -0.15) is 13.2 Å². The number of phenolic OH excluding ortho intramolecular Hbond substituents is 5. The average molecular weight is 2050 g/mol. The number of anilines is 16. The number of nitrogens with one attached hydrogen (secondary N) is 20. The smallest absolute Gasteiger partial charge is 0.413 e. The van der Waals surface area contributed by atoms with Crippen molar-refractivity contribution in [2.24, 2.45) is 5.41 Å². The molecule has 1 saturated carbocycles. The number of aromatic hydroxyl groups is 5. The number of amides is 5. The van der Waals surface area contributed by atoms with Gasteiger partial charge in [0.25, 0.3) is 85.1 Å². The second-order valence-electron chi connectivity index (χ2n) is 35.3. The number of carbonyl (C=O) groups is 5. The Morgan fingerprint density at radius 1 is 0.347 bits per heavy atom. The van der Waals surface area contributed by atoms with E-state index >= 15 is 0 Å². The predicted molar refractivity (Wildman–Crippen MR) is 558 cm³/mol. The molecule has 3 atom stereocenters. The Morgan fingerprint density at radius 3 is 0.905 bits per heavy atom. The van der Waals surface area contributed by atoms with Gasteiger partial charge in [-0.1, -0.05) is 132 Å². The number of aromatic amines is 10. The number of halogens is 3. The zero-order valence-electron chi connectivity index (χ0n) is 82.4. The van der Waals surface area contributed by atoms with Crippen LogP contribution in [0.3, 0.4) is 0 Å². The fraction of sp³-hybridized carbons (Fsp3) is 0.276. The lowest BCUT2D eigenvalue weighted by molar-refractivity contribution is -0.143. The van der Waals surface area contributed by atoms with E-state index in [4.69, 9.17) is 0 Å². The highest BCUT2D eigenvalue weighted by Gasteiger charge is 2.43. The van der Waals surface area contributed by atoms with E-state index in [2.05, 4.69) is 94.0 Å². The molecule has 147 heavy (non-hydrogen) atoms. The molecule has 778 valence electrons. The number of thiophene rings is 1. The third kappa shape index (κ3) is 27.8. The maximum absolute atomic E-state index is 13.7. The SMILES string of the molecule is CC[C@@H](Nc1c(Nc2cccc(C(=O)N(C)C)c2O)c(=O)[nH][nH]c1=O)c1ccccc1.CN(C)C(=O)c1cccc(Nc2c(NC(c3cccs3)C(F)(F)F)c(=O)[nH][nH]c2=O)c1O.CN(C)C(=O)c1cccc(Nc2c(NC3CCCCC3)c(=O)[nH][nH]c2=O)c1O.CN(C)C(=O)c1cccc(Nc2c(Nc3ccccc3)c(=O)[nH][nH]c2=O)c1O.C[C@H](Nc1c(Nc2cccc(C(=O)N(C)C)c2O)c(=O)[nH][nH]c1=O)C(C)(C)C. The summed E-state index contributed by atoms with van der Waals surface area (Å²) in [5.41, 5.74) is -5.71. The maximum atomic E-state index is 13.7. The zero-order valence-corrected chi connectivity index (χ0v) is 83.2. The van der Waals surface area contributed by atoms with Gasteiger partial charge in [-0.15, -0.1) is 11.3 Å². The van der Waals surface area contributed by atoms with E-state index in [9.17, 15) is 111 Å². The highest BCUT2D eigenvalue weighted by Crippen LogP contribution is 2.42. The lowest BCUT2D eigenvalue weighted by atomic mass is 9.88. The maximum Gasteiger partial charge on any atom is 0.413 e. The third-order valence-electron chi connectivity index (χ3n) is 22.7. The number of hydrogen-bond donors (Lipinski definition) is 25. The molecule has 13 aromatic rings. The van der Waals surface area contributed by atoms with Crippen LogP contribution >= 0.6 is 11.3 Å². The van der Waals surface area contributed by atoms with Gasteiger partial charge in [0.05, 0.1) is 62.3 Å². The number of para-hydroxylation sites is 6. The molecule has 14 rings (SSSR count). The van der Waals surface area contributed by atoms with Crippen LogP contribution < -0.4 is 109 Å². The molecule has 0 spiro atoms. The first-order valence-corrected chi connectivity index (χ1v) is 46.2. The molecule has 0 radical (unpaired) electrons. The Hall–Kier alpha value is -18.2. The minimum atomic E-state index is -4.78. The van der Waals surface area contributed by atoms with Gasteiger partial charge in [-0.05, 0) is 121 Å². The lowest BCUT2D eigenvalue weighted by Crippen LogP contribution is -2.35. The van der Waals surface area contributed by atoms with Gasteiger partial charge in [0.1, 0.15) is 56.9 Å². The highest BCUT2D eigenvalue weighted by atomic mass is 32.1. The van der Waals surface area contributed by atoms with Gasteiger partial charge in [0.2, 0.25) is 0 Å². The van der Waals surface area contributed by atoms with Crippen molar-refractivity contribution in [2.45, 2.75) is 103 Å². The first-order valence-electron chi connectivity index (χ1n) is 45.3. The number of benzene rings is 7. The van der Waals surface area contributed by atoms with Crippen molar-refractivity contribution in [1.82, 2.24) is 75.5 Å². The minimum absolute atomic E-state index is 0.000856. The van der Waals surface area contributed by atoms with Crippen molar-refractivity contribution in [2.75, 3.05) is 124 Å². The molecular formula is C98H114F3N25O20S. The molecule has 25 N–H and O–H groups in total. The van der Waals surface area contributed by atoms with Crippen molar-refractivity contribution in [3.8, 4) is 28.7 Å². The number of aromatic nitrogens is 10. The molecule has 0 bridgehead atoms. The van der Waals surface area contributed by atoms with Crippen LogP contribution in [0.5, 0.6) is 28.7 Å². The predicted octanol–water partition coefficient (Wildman–Crippen LogP) is 11.7. The van der Waals surface area contributed by atoms with E-state index in [0.29, 0.717) is 12.1 Å². The van der Waals surface area contributed by atoms with Crippen LogP contribution in [-0.2, 0) is 0 Å². The molecule has 49 heteroatoms. The van der Waals surface area contributed by atoms with E-state index in [1.807, 2.05) is 81.2 Å². The molecule has 1 aliphatic rings. The topological polar surface area (TPSA) is 652 Å². The molecule has 0 aliphatic heterocycles. The lowest BCUT2D eigenvalue weighted by Gasteiger charge is -2.29. The average Bonchev–Trinajstić information content (AvgIpc) is 1.68. The molecular weight excluding hydrogens is 1940 g/mol. The Morgan fingerprint density at radius 2 is 0.619 bits per heavy atom. The molecule has 45 nitrogen and oxygen atoms in total. The van der Waals surface area contributed by atoms with Gasteiger partial charge < -0.3 is 103 Å². The number of rotatable bonds is 28. The molecule has 6 aromatic heterocycles. The van der Waals surface area contributed by atoms with E-state index in [0.717, 1.165) is 49.0 Å². The van der Waals surface area contributed by atoms with Crippen molar-refractivity contribution in [3.05, 3.63) is 311 Å². The summed E-state index contributed by atoms with van der Waals surface area (Å²) in [7, 11) is 15.5. The van der Waals surface area contributed by atoms with Crippen molar-refractivity contribution >= 4 is 132 Å². The minimum Gasteiger partial charge on any atom is -0.505 e. The number of alkyl halides is 3. The number of hydrogen-bond acceptors (Lipinski definition) is 31. The largest absolute Gasteiger partial charge is 0.505 e. The Bertz CT molecular complexity index is 7550. The number of phenols is 5. The number of carbonyl (C=O) groups excluding carboxylic acids is 5. The van der Waals surface area contributed by atoms with Gasteiger partial charge in [-0.3, -0.25) is 123 Å². The van der Waals surface area contributed by atoms with Crippen LogP contribution in [0.25, 0.3) is 0 Å². The first kappa shape index (κ1) is 111. The van der Waals surface area contributed by atoms with Crippen LogP contribution in [-0.4, -0.2) is 219 Å². The quantitative estimate of drug-likeness (QED) is 0.0203. The van der Waals surface area contributed by atoms with E-state index in [1.54, 1.807) is 105 Å². The molecule has 7 aromatic carbocycles. The van der Waals surface area contributed by atoms with Crippen molar-refractivity contribution < 1.29 is 62.7 Å². The summed E-state index contributed by atoms with van der Waals surface area (Å²) in [6, 6.07) is 40.8. The standard InChI is InChI=1S/C22H25N5O4.C19H18F3N5O4S.C19H25N5O4.C19H19N5O4.C19H27N5O4/c1-4-15(13-9-6-5-7-10-13)23-17-18(21(30)26-25-20(17)29)24-16-12-8-11-14(19(16)28)22(31)27(2)3;1-27(2)18(31)9-5-3-6-10(14(9)28)23-12-13(17(30)26-25-16(12)29)24-15(19(20,21)22)11-7-4-8-32-11;2*1-24(2)19(28)12-9-6-10-13(16(12)25)21-15-14(17(26)22-23-18(15)27)20-11-7-4-3-5-8-11;1-10(19(2,3)4)20-13-14(17(27)23-22-16(13)26)21-12-9-7-8-11(15(12)25)18(28)24(5)6/h5-12,15,28H,4H2,1-3H3,(H2,23,26,30)(H2,24,25,29);3-8,15,28H,1-2H3,(H2,23,26,30)(H2,24,25,29);6,9-11,25H,3-5,7-8H2,1-2H3,(H2,20,23,27)(H2,21,22,26);3-10,25H,1-2H3,(H2,20,23,27)(H2,21,22,26);7-10,25H,1-6H3,(H2,20,23,27)(H2,21,22,26)/t15-;;;;10-/m1...0/s1. The van der Waals surface area contributed by atoms with E-state index in [1.165, 1.54) is 123 Å². The number of H-pyrrole nitrogens is 10. The van der Waals surface area contributed by atoms with Crippen LogP contribution in [0.4, 0.5) is 104 Å². The molecule has 1 unspecified atom stereocenters. The monoisotopic (exact) mass is 2050 g/mol. The number of nitrogens with zero attached hydrogens (tertiary/aromatic N) is 5. The second-order valence-corrected chi connectivity index (χ2v) is 36.3. The van der Waals surface area contributed by atoms with E-state index < -0.39 is 103 Å². The van der Waals surface area contributed by atoms with Crippen LogP contribution in [0, 0.1) is 5.41 Å². The van der Waals surface area contributed by atoms with Crippen LogP contribution in [0.15, 0.2) is 217 Å². The molecule has 0 saturated heterocycles. The van der Waals surface area contributed by atoms with Gasteiger partial charge in [0, 0.05) is 93.1 Å². The summed E-state index contributed by atoms with van der Waals surface area (Å²) in [6.45, 7) is 9.86. The van der Waals surface area contributed by atoms with E-state index in [-0.39, 0.29) is 165 Å². The molecule has 1 fully saturated rings. The van der Waals surface area contributed by atoms with Crippen LogP contribution in [0.2, 0.25) is 0 Å². The summed E-state index contributed by atoms with van der Waals surface area (Å²) < 4.78 is 41.1. The van der Waals surface area contributed by atoms with Crippen molar-refractivity contribution in [3.63, 3.8) is 0 Å². The zero-order chi connectivity index (χ0) is 108. The summed E-state index contributed by atoms with van der Waals surface area (Å²) in [5, 5.41) is 104. The van der Waals surface area contributed by atoms with Crippen LogP contribution in [0.1, 0.15) is 147 Å². The van der Waals surface area contributed by atoms with Gasteiger partial charge in [-0.25, -0.2) is 0 Å². The Balaban J connectivity index is 0.000000188. The highest BCUT2D eigenvalue weighted by molar-refractivity contribution is 7.10. The fourth-order valence-corrected chi connectivity index (χ4v) is 15.1. The molecule has 6 heterocycles. The Kier molecular flexibility index (Phi) is 36.9. The van der Waals surface area contributed by atoms with Crippen molar-refractivity contribution in [1.29, 1.82) is 0 Å². The summed E-state index contributed by atoms with van der Waals surface area (Å²) in [4.78, 5) is 192.